The zero-order chi connectivity index (χ0) is 37.5. The maximum atomic E-state index is 13.6. The number of anilines is 1. The maximum Gasteiger partial charge on any atom is 1.00 e. The van der Waals surface area contributed by atoms with Crippen molar-refractivity contribution in [3.05, 3.63) is 45.1 Å². The van der Waals surface area contributed by atoms with Crippen molar-refractivity contribution in [2.45, 2.75) is 56.5 Å². The van der Waals surface area contributed by atoms with Gasteiger partial charge in [0.05, 0.1) is 48.1 Å². The second kappa shape index (κ2) is 16.5. The number of benzene rings is 1. The number of carboxylic acids is 2. The number of β-lactam (4-membered cyclic amide) rings is 1. The van der Waals surface area contributed by atoms with Gasteiger partial charge < -0.3 is 50.0 Å². The normalized spacial score (nSPS) is 22.1. The van der Waals surface area contributed by atoms with Crippen LogP contribution in [-0.4, -0.2) is 121 Å². The fourth-order valence-electron chi connectivity index (χ4n) is 7.54. The summed E-state index contributed by atoms with van der Waals surface area (Å²) < 4.78 is 0.633. The largest absolute Gasteiger partial charge is 1.00 e. The van der Waals surface area contributed by atoms with Crippen LogP contribution in [-0.2, 0) is 24.0 Å². The first-order valence-corrected chi connectivity index (χ1v) is 18.9. The number of likely N-dealkylation sites (tertiary alicyclic amines) is 2. The molecule has 6 rings (SSSR count). The van der Waals surface area contributed by atoms with Crippen LogP contribution < -0.4 is 45.5 Å². The van der Waals surface area contributed by atoms with E-state index in [1.807, 2.05) is 0 Å². The summed E-state index contributed by atoms with van der Waals surface area (Å²) in [6.45, 7) is 4.12. The van der Waals surface area contributed by atoms with E-state index in [1.165, 1.54) is 34.9 Å². The number of thioether (sulfide) groups is 1. The zero-order valence-corrected chi connectivity index (χ0v) is 33.4. The Hall–Kier alpha value is -3.39. The van der Waals surface area contributed by atoms with Crippen molar-refractivity contribution in [3.8, 4) is 11.5 Å². The molecule has 0 unspecified atom stereocenters. The van der Waals surface area contributed by atoms with E-state index in [-0.39, 0.29) is 79.4 Å². The number of hydrogen-bond acceptors (Lipinski definition) is 15. The molecule has 0 bridgehead atoms. The Kier molecular flexibility index (Phi) is 12.7. The van der Waals surface area contributed by atoms with Crippen LogP contribution in [0.4, 0.5) is 5.13 Å². The number of carboxylic acid groups (broad SMARTS) is 2. The molecule has 0 radical (unpaired) electrons. The summed E-state index contributed by atoms with van der Waals surface area (Å²) in [7, 11) is 0. The Labute approximate surface area is 339 Å². The number of aromatic nitrogens is 1. The van der Waals surface area contributed by atoms with E-state index in [9.17, 15) is 44.4 Å². The van der Waals surface area contributed by atoms with Crippen LogP contribution in [0.2, 0.25) is 4.34 Å². The minimum absolute atomic E-state index is 0. The molecule has 4 N–H and O–H groups in total. The summed E-state index contributed by atoms with van der Waals surface area (Å²) in [6, 6.07) is 4.12. The number of hydrogen-bond donors (Lipinski definition) is 3. The van der Waals surface area contributed by atoms with Crippen LogP contribution >= 0.6 is 34.7 Å². The number of rotatable bonds is 12. The van der Waals surface area contributed by atoms with Crippen molar-refractivity contribution < 1.29 is 83.3 Å². The van der Waals surface area contributed by atoms with Crippen molar-refractivity contribution in [1.29, 1.82) is 0 Å². The Bertz CT molecular complexity index is 1880. The number of phenolic OH excluding ortho intramolecular Hbond substituents is 2. The van der Waals surface area contributed by atoms with Crippen LogP contribution in [0.5, 0.6) is 11.5 Å². The summed E-state index contributed by atoms with van der Waals surface area (Å²) >= 11 is 8.43. The molecule has 3 saturated heterocycles. The molecule has 4 aliphatic rings. The van der Waals surface area contributed by atoms with Gasteiger partial charge in [-0.15, -0.1) is 11.8 Å². The van der Waals surface area contributed by atoms with Gasteiger partial charge in [-0.3, -0.25) is 19.3 Å². The average molecular weight is 799 g/mol. The molecule has 5 heterocycles. The fourth-order valence-corrected chi connectivity index (χ4v) is 9.87. The van der Waals surface area contributed by atoms with Crippen molar-refractivity contribution in [3.63, 3.8) is 0 Å². The number of thiazole rings is 1. The second-order valence-corrected chi connectivity index (χ2v) is 16.1. The third-order valence-corrected chi connectivity index (χ3v) is 12.7. The van der Waals surface area contributed by atoms with Gasteiger partial charge in [-0.2, -0.15) is 0 Å². The van der Waals surface area contributed by atoms with E-state index in [4.69, 9.17) is 22.2 Å². The molecule has 16 nitrogen and oxygen atoms in total. The van der Waals surface area contributed by atoms with Crippen molar-refractivity contribution in [1.82, 2.24) is 14.8 Å². The Morgan fingerprint density at radius 3 is 2.42 bits per heavy atom. The van der Waals surface area contributed by atoms with Gasteiger partial charge in [0.25, 0.3) is 5.91 Å². The third kappa shape index (κ3) is 8.18. The van der Waals surface area contributed by atoms with Crippen molar-refractivity contribution in [2.24, 2.45) is 11.1 Å². The SMILES string of the molecule is C[C@H](O/N=C(\C(=O)C[C@@H]1C(=O)N2C(C(=O)[O-])=C(C[N+]3(C4CCN(C(=O)c5ccc(O)c(O)c5)CC4)CCCC3)CS[C@H]12)c1nc(N)sc1Cl)C(=O)[O-].[Na+]. The number of aliphatic carboxylic acids is 2. The fraction of sp³-hybridized carbons (Fsp3) is 0.485. The molecule has 2 amide bonds. The van der Waals surface area contributed by atoms with Crippen LogP contribution in [0, 0.1) is 5.92 Å². The molecular formula is C33H36ClN6NaO10S2. The summed E-state index contributed by atoms with van der Waals surface area (Å²) in [4.78, 5) is 76.0. The topological polar surface area (TPSA) is 239 Å². The van der Waals surface area contributed by atoms with Crippen molar-refractivity contribution in [2.75, 3.05) is 44.2 Å². The van der Waals surface area contributed by atoms with Gasteiger partial charge in [0.15, 0.2) is 34.2 Å². The van der Waals surface area contributed by atoms with E-state index >= 15 is 0 Å². The molecule has 1 aromatic heterocycles. The van der Waals surface area contributed by atoms with Crippen LogP contribution in [0.1, 0.15) is 55.1 Å². The molecule has 4 aliphatic heterocycles. The summed E-state index contributed by atoms with van der Waals surface area (Å²) in [6.07, 6.45) is 1.34. The summed E-state index contributed by atoms with van der Waals surface area (Å²) in [5, 5.41) is 46.4. The molecule has 0 aliphatic carbocycles. The predicted octanol–water partition coefficient (Wildman–Crippen LogP) is -2.94. The molecular weight excluding hydrogens is 763 g/mol. The smallest absolute Gasteiger partial charge is 0.546 e. The monoisotopic (exact) mass is 798 g/mol. The van der Waals surface area contributed by atoms with E-state index in [1.54, 1.807) is 4.90 Å². The van der Waals surface area contributed by atoms with E-state index < -0.39 is 53.2 Å². The zero-order valence-electron chi connectivity index (χ0n) is 29.0. The van der Waals surface area contributed by atoms with Crippen LogP contribution in [0.25, 0.3) is 0 Å². The van der Waals surface area contributed by atoms with E-state index in [0.29, 0.717) is 48.3 Å². The first-order valence-electron chi connectivity index (χ1n) is 16.7. The molecule has 0 saturated carbocycles. The number of amides is 2. The Balaban J connectivity index is 0.00000541. The minimum Gasteiger partial charge on any atom is -0.546 e. The molecule has 2 aromatic rings. The van der Waals surface area contributed by atoms with Gasteiger partial charge in [-0.1, -0.05) is 28.1 Å². The van der Waals surface area contributed by atoms with Gasteiger partial charge in [0.1, 0.15) is 16.6 Å². The number of phenols is 2. The molecule has 53 heavy (non-hydrogen) atoms. The molecule has 20 heteroatoms. The number of halogens is 1. The molecule has 278 valence electrons. The number of piperidine rings is 1. The Morgan fingerprint density at radius 1 is 1.15 bits per heavy atom. The first kappa shape index (κ1) is 40.8. The average Bonchev–Trinajstić information content (AvgIpc) is 3.73. The molecule has 3 atom stereocenters. The van der Waals surface area contributed by atoms with E-state index in [2.05, 4.69) is 10.1 Å². The maximum absolute atomic E-state index is 13.6. The standard InChI is InChI=1S/C33H37ClN6O10S2.Na/c1-16(31(46)47)50-37-24(25-27(34)52-33(35)36-25)23(43)13-20-29(45)39-26(32(48)49)18(15-51-30(20)39)14-40(10-2-3-11-40)19-6-8-38(9-7-19)28(44)17-4-5-21(41)22(42)12-17;/h4-5,12,16,19-20,30H,2-3,6-11,13-15H2,1H3,(H5-,35,36,37,41,42,43,44,46,47,48,49);/q;+1/p-1/t16-,20+,30+;/m0./s1. The summed E-state index contributed by atoms with van der Waals surface area (Å²) in [5.41, 5.74) is 5.85. The number of aromatic hydroxyl groups is 2. The van der Waals surface area contributed by atoms with Gasteiger partial charge in [0, 0.05) is 62.1 Å². The number of nitrogens with zero attached hydrogens (tertiary/aromatic N) is 5. The minimum atomic E-state index is -1.58. The molecule has 3 fully saturated rings. The van der Waals surface area contributed by atoms with Gasteiger partial charge in [-0.25, -0.2) is 4.98 Å². The quantitative estimate of drug-likeness (QED) is 0.0487. The van der Waals surface area contributed by atoms with Gasteiger partial charge in [-0.05, 0) is 25.1 Å². The number of ketones is 1. The van der Waals surface area contributed by atoms with Crippen LogP contribution in [0.3, 0.4) is 0 Å². The van der Waals surface area contributed by atoms with Crippen molar-refractivity contribution >= 4 is 75.1 Å². The number of carbonyl (C=O) groups excluding carboxylic acids is 5. The number of oxime groups is 1. The van der Waals surface area contributed by atoms with Gasteiger partial charge in [0.2, 0.25) is 5.91 Å². The number of carbonyl (C=O) groups is 5. The first-order chi connectivity index (χ1) is 24.7. The Morgan fingerprint density at radius 2 is 1.83 bits per heavy atom. The second-order valence-electron chi connectivity index (χ2n) is 13.3. The van der Waals surface area contributed by atoms with E-state index in [0.717, 1.165) is 44.2 Å². The molecule has 0 spiro atoms. The third-order valence-electron chi connectivity index (χ3n) is 10.2. The summed E-state index contributed by atoms with van der Waals surface area (Å²) in [5.74, 6) is -5.91. The number of Topliss-reactive ketones (excluding diaryl/α,β-unsaturated/α-hetero) is 1. The predicted molar refractivity (Wildman–Crippen MR) is 185 cm³/mol. The number of nitrogen functional groups attached to an aromatic ring is 1. The molecule has 1 aromatic carbocycles. The number of nitrogens with two attached hydrogens (primary N) is 1. The number of fused-ring (bicyclic) bond motifs is 1. The van der Waals surface area contributed by atoms with Gasteiger partial charge >= 0.3 is 29.6 Å². The van der Waals surface area contributed by atoms with Crippen LogP contribution in [0.15, 0.2) is 34.6 Å². The number of quaternary nitrogens is 1.